The van der Waals surface area contributed by atoms with Gasteiger partial charge in [-0.05, 0) is 28.8 Å². The minimum absolute atomic E-state index is 0.224. The van der Waals surface area contributed by atoms with Crippen LogP contribution in [-0.4, -0.2) is 28.1 Å². The smallest absolute Gasteiger partial charge is 0.123 e. The number of halogens is 1. The molecule has 0 aliphatic rings. The molecule has 0 bridgehead atoms. The lowest BCUT2D eigenvalue weighted by Gasteiger charge is -2.25. The second-order valence-electron chi connectivity index (χ2n) is 4.08. The topological polar surface area (TPSA) is 47.3 Å². The Bertz CT molecular complexity index is 339. The Balaban J connectivity index is 3.02. The number of aliphatic hydroxyl groups is 1. The predicted molar refractivity (Wildman–Crippen MR) is 66.2 cm³/mol. The lowest BCUT2D eigenvalue weighted by Crippen LogP contribution is -2.28. The maximum Gasteiger partial charge on any atom is 0.123 e. The highest BCUT2D eigenvalue weighted by atomic mass is 79.9. The maximum absolute atomic E-state index is 10.3. The van der Waals surface area contributed by atoms with E-state index in [1.807, 2.05) is 20.8 Å². The molecular weight excluding hydrogens is 272 g/mol. The van der Waals surface area contributed by atoms with E-state index in [1.54, 1.807) is 18.0 Å². The van der Waals surface area contributed by atoms with Gasteiger partial charge in [0.05, 0.1) is 22.5 Å². The zero-order valence-corrected chi connectivity index (χ0v) is 11.7. The number of aliphatic hydroxyl groups excluding tert-OH is 1. The van der Waals surface area contributed by atoms with E-state index < -0.39 is 6.10 Å². The molecule has 0 amide bonds. The molecule has 0 radical (unpaired) electrons. The molecule has 2 unspecified atom stereocenters. The lowest BCUT2D eigenvalue weighted by molar-refractivity contribution is -0.0430. The molecule has 1 aromatic rings. The molecule has 0 spiro atoms. The fourth-order valence-electron chi connectivity index (χ4n) is 1.84. The highest BCUT2D eigenvalue weighted by Gasteiger charge is 2.28. The Morgan fingerprint density at radius 3 is 2.62 bits per heavy atom. The van der Waals surface area contributed by atoms with E-state index >= 15 is 0 Å². The van der Waals surface area contributed by atoms with Crippen molar-refractivity contribution in [1.29, 1.82) is 0 Å². The molecular formula is C11H19BrN2O2. The molecule has 0 aliphatic carbocycles. The largest absolute Gasteiger partial charge is 0.384 e. The first-order valence-corrected chi connectivity index (χ1v) is 6.24. The Hall–Kier alpha value is -0.390. The number of rotatable bonds is 5. The first kappa shape index (κ1) is 13.7. The Kier molecular flexibility index (Phi) is 4.95. The van der Waals surface area contributed by atoms with Crippen LogP contribution in [0.1, 0.15) is 32.6 Å². The van der Waals surface area contributed by atoms with Gasteiger partial charge in [0.2, 0.25) is 0 Å². The average Bonchev–Trinajstić information content (AvgIpc) is 2.59. The van der Waals surface area contributed by atoms with Crippen LogP contribution >= 0.6 is 15.9 Å². The molecule has 0 fully saturated rings. The molecule has 92 valence electrons. The fourth-order valence-corrected chi connectivity index (χ4v) is 2.37. The molecule has 0 saturated heterocycles. The summed E-state index contributed by atoms with van der Waals surface area (Å²) in [6.07, 6.45) is 0.815. The van der Waals surface area contributed by atoms with Gasteiger partial charge in [-0.3, -0.25) is 4.68 Å². The van der Waals surface area contributed by atoms with Crippen molar-refractivity contribution in [2.45, 2.75) is 39.5 Å². The van der Waals surface area contributed by atoms with Crippen molar-refractivity contribution in [2.75, 3.05) is 7.11 Å². The normalized spacial score (nSPS) is 15.4. The summed E-state index contributed by atoms with van der Waals surface area (Å²) in [5.41, 5.74) is 0.781. The SMILES string of the molecule is CCn1ncc(Br)c1C(O)C(OC)C(C)C. The third-order valence-corrected chi connectivity index (χ3v) is 3.26. The summed E-state index contributed by atoms with van der Waals surface area (Å²) >= 11 is 3.41. The van der Waals surface area contributed by atoms with E-state index in [0.717, 1.165) is 16.7 Å². The molecule has 4 nitrogen and oxygen atoms in total. The first-order chi connectivity index (χ1) is 7.52. The van der Waals surface area contributed by atoms with Crippen molar-refractivity contribution in [3.8, 4) is 0 Å². The van der Waals surface area contributed by atoms with E-state index in [0.29, 0.717) is 0 Å². The number of aromatic nitrogens is 2. The van der Waals surface area contributed by atoms with Gasteiger partial charge >= 0.3 is 0 Å². The molecule has 1 aromatic heterocycles. The van der Waals surface area contributed by atoms with Gasteiger partial charge in [0.1, 0.15) is 6.10 Å². The molecule has 16 heavy (non-hydrogen) atoms. The number of methoxy groups -OCH3 is 1. The highest BCUT2D eigenvalue weighted by Crippen LogP contribution is 2.29. The van der Waals surface area contributed by atoms with E-state index in [9.17, 15) is 5.11 Å². The van der Waals surface area contributed by atoms with Gasteiger partial charge in [0, 0.05) is 13.7 Å². The molecule has 0 aliphatic heterocycles. The van der Waals surface area contributed by atoms with Gasteiger partial charge in [0.25, 0.3) is 0 Å². The quantitative estimate of drug-likeness (QED) is 0.906. The van der Waals surface area contributed by atoms with Gasteiger partial charge < -0.3 is 9.84 Å². The molecule has 2 atom stereocenters. The van der Waals surface area contributed by atoms with Gasteiger partial charge in [-0.25, -0.2) is 0 Å². The van der Waals surface area contributed by atoms with Crippen molar-refractivity contribution >= 4 is 15.9 Å². The number of nitrogens with zero attached hydrogens (tertiary/aromatic N) is 2. The summed E-state index contributed by atoms with van der Waals surface area (Å²) in [6.45, 7) is 6.77. The summed E-state index contributed by atoms with van der Waals surface area (Å²) in [5, 5.41) is 14.5. The third kappa shape index (κ3) is 2.64. The summed E-state index contributed by atoms with van der Waals surface area (Å²) in [4.78, 5) is 0. The van der Waals surface area contributed by atoms with E-state index in [4.69, 9.17) is 4.74 Å². The minimum Gasteiger partial charge on any atom is -0.384 e. The average molecular weight is 291 g/mol. The van der Waals surface area contributed by atoms with Crippen LogP contribution in [0, 0.1) is 5.92 Å². The van der Waals surface area contributed by atoms with Crippen LogP contribution < -0.4 is 0 Å². The van der Waals surface area contributed by atoms with Crippen molar-refractivity contribution in [3.63, 3.8) is 0 Å². The van der Waals surface area contributed by atoms with Crippen LogP contribution in [-0.2, 0) is 11.3 Å². The summed E-state index contributed by atoms with van der Waals surface area (Å²) < 4.78 is 7.94. The standard InChI is InChI=1S/C11H19BrN2O2/c1-5-14-9(8(12)6-13-14)10(15)11(16-4)7(2)3/h6-7,10-11,15H,5H2,1-4H3. The Morgan fingerprint density at radius 1 is 1.56 bits per heavy atom. The van der Waals surface area contributed by atoms with E-state index in [2.05, 4.69) is 21.0 Å². The first-order valence-electron chi connectivity index (χ1n) is 5.44. The highest BCUT2D eigenvalue weighted by molar-refractivity contribution is 9.10. The van der Waals surface area contributed by atoms with Crippen LogP contribution in [0.15, 0.2) is 10.7 Å². The molecule has 1 rings (SSSR count). The predicted octanol–water partition coefficient (Wildman–Crippen LogP) is 2.37. The van der Waals surface area contributed by atoms with Gasteiger partial charge in [-0.15, -0.1) is 0 Å². The summed E-state index contributed by atoms with van der Waals surface area (Å²) in [5.74, 6) is 0.243. The molecule has 1 N–H and O–H groups in total. The number of ether oxygens (including phenoxy) is 1. The summed E-state index contributed by atoms with van der Waals surface area (Å²) in [6, 6.07) is 0. The number of aryl methyl sites for hydroxylation is 1. The van der Waals surface area contributed by atoms with Crippen molar-refractivity contribution < 1.29 is 9.84 Å². The van der Waals surface area contributed by atoms with Crippen molar-refractivity contribution in [2.24, 2.45) is 5.92 Å². The molecule has 5 heteroatoms. The number of hydrogen-bond acceptors (Lipinski definition) is 3. The van der Waals surface area contributed by atoms with Gasteiger partial charge in [-0.1, -0.05) is 13.8 Å². The van der Waals surface area contributed by atoms with Crippen molar-refractivity contribution in [3.05, 3.63) is 16.4 Å². The van der Waals surface area contributed by atoms with Crippen LogP contribution in [0.4, 0.5) is 0 Å². The van der Waals surface area contributed by atoms with Gasteiger partial charge in [0.15, 0.2) is 0 Å². The monoisotopic (exact) mass is 290 g/mol. The zero-order valence-electron chi connectivity index (χ0n) is 10.1. The van der Waals surface area contributed by atoms with Crippen LogP contribution in [0.5, 0.6) is 0 Å². The second-order valence-corrected chi connectivity index (χ2v) is 4.94. The van der Waals surface area contributed by atoms with Crippen LogP contribution in [0.3, 0.4) is 0 Å². The Morgan fingerprint density at radius 2 is 2.19 bits per heavy atom. The second kappa shape index (κ2) is 5.80. The zero-order chi connectivity index (χ0) is 12.3. The van der Waals surface area contributed by atoms with Crippen molar-refractivity contribution in [1.82, 2.24) is 9.78 Å². The van der Waals surface area contributed by atoms with E-state index in [1.165, 1.54) is 0 Å². The van der Waals surface area contributed by atoms with Gasteiger partial charge in [-0.2, -0.15) is 5.10 Å². The fraction of sp³-hybridized carbons (Fsp3) is 0.727. The minimum atomic E-state index is -0.665. The molecule has 1 heterocycles. The maximum atomic E-state index is 10.3. The third-order valence-electron chi connectivity index (χ3n) is 2.65. The Labute approximate surface area is 105 Å². The molecule has 0 aromatic carbocycles. The van der Waals surface area contributed by atoms with Crippen LogP contribution in [0.2, 0.25) is 0 Å². The molecule has 0 saturated carbocycles. The number of hydrogen-bond donors (Lipinski definition) is 1. The lowest BCUT2D eigenvalue weighted by atomic mass is 9.99. The van der Waals surface area contributed by atoms with Crippen LogP contribution in [0.25, 0.3) is 0 Å². The summed E-state index contributed by atoms with van der Waals surface area (Å²) in [7, 11) is 1.62. The van der Waals surface area contributed by atoms with E-state index in [-0.39, 0.29) is 12.0 Å².